The quantitative estimate of drug-likeness (QED) is 0.728. The van der Waals surface area contributed by atoms with Gasteiger partial charge in [-0.1, -0.05) is 24.6 Å². The molecule has 5 aliphatic rings. The van der Waals surface area contributed by atoms with E-state index in [-0.39, 0.29) is 5.90 Å². The molecule has 0 aromatic heterocycles. The topological polar surface area (TPSA) is 114 Å². The molecule has 6 nitrogen and oxygen atoms in total. The number of fused-ring (bicyclic) bond motifs is 2. The number of ether oxygens (including phenoxy) is 2. The number of rotatable bonds is 2. The van der Waals surface area contributed by atoms with Crippen molar-refractivity contribution in [2.75, 3.05) is 0 Å². The highest BCUT2D eigenvalue weighted by molar-refractivity contribution is 5.89. The Kier molecular flexibility index (Phi) is 4.14. The first kappa shape index (κ1) is 18.7. The Morgan fingerprint density at radius 3 is 2.54 bits per heavy atom. The van der Waals surface area contributed by atoms with Gasteiger partial charge in [-0.05, 0) is 50.5 Å². The third-order valence-electron chi connectivity index (χ3n) is 7.30. The number of hydrogen-bond acceptors (Lipinski definition) is 6. The van der Waals surface area contributed by atoms with Crippen molar-refractivity contribution >= 4 is 5.90 Å². The summed E-state index contributed by atoms with van der Waals surface area (Å²) in [6.07, 6.45) is 6.47. The third kappa shape index (κ3) is 2.06. The van der Waals surface area contributed by atoms with E-state index in [0.29, 0.717) is 25.2 Å². The van der Waals surface area contributed by atoms with Crippen LogP contribution >= 0.6 is 0 Å². The van der Waals surface area contributed by atoms with Crippen molar-refractivity contribution in [1.29, 1.82) is 21.2 Å². The number of nitriles is 3. The van der Waals surface area contributed by atoms with E-state index in [1.807, 2.05) is 6.92 Å². The van der Waals surface area contributed by atoms with E-state index in [0.717, 1.165) is 36.8 Å². The van der Waals surface area contributed by atoms with Crippen molar-refractivity contribution in [1.82, 2.24) is 0 Å². The molecule has 5 rings (SSSR count). The summed E-state index contributed by atoms with van der Waals surface area (Å²) >= 11 is 0. The molecule has 0 amide bonds. The Balaban J connectivity index is 1.87. The van der Waals surface area contributed by atoms with Crippen LogP contribution < -0.4 is 0 Å². The number of nitrogens with zero attached hydrogens (tertiary/aromatic N) is 3. The monoisotopic (exact) mass is 376 g/mol. The lowest BCUT2D eigenvalue weighted by Crippen LogP contribution is -2.76. The van der Waals surface area contributed by atoms with E-state index in [4.69, 9.17) is 14.9 Å². The number of hydrogen-bond donors (Lipinski definition) is 1. The highest BCUT2D eigenvalue weighted by atomic mass is 16.7. The fraction of sp³-hybridized carbons (Fsp3) is 0.636. The number of allylic oxidation sites excluding steroid dienone is 2. The molecule has 4 fully saturated rings. The Morgan fingerprint density at radius 2 is 1.96 bits per heavy atom. The normalized spacial score (nSPS) is 40.7. The zero-order chi connectivity index (χ0) is 20.2. The van der Waals surface area contributed by atoms with E-state index < -0.39 is 28.6 Å². The highest BCUT2D eigenvalue weighted by Crippen LogP contribution is 2.67. The molecule has 3 saturated heterocycles. The first-order valence-electron chi connectivity index (χ1n) is 9.94. The average Bonchev–Trinajstić information content (AvgIpc) is 2.72. The van der Waals surface area contributed by atoms with Crippen LogP contribution in [0.2, 0.25) is 0 Å². The molecule has 1 spiro atoms. The Hall–Kier alpha value is -2.62. The van der Waals surface area contributed by atoms with Gasteiger partial charge >= 0.3 is 0 Å². The smallest absolute Gasteiger partial charge is 0.218 e. The third-order valence-corrected chi connectivity index (χ3v) is 7.30. The molecule has 144 valence electrons. The van der Waals surface area contributed by atoms with Crippen LogP contribution in [0.3, 0.4) is 0 Å². The minimum absolute atomic E-state index is 0.282. The van der Waals surface area contributed by atoms with Gasteiger partial charge in [-0.25, -0.2) is 0 Å². The van der Waals surface area contributed by atoms with Gasteiger partial charge in [0.05, 0.1) is 24.1 Å². The molecule has 0 radical (unpaired) electrons. The number of nitrogens with one attached hydrogen (secondary N) is 1. The summed E-state index contributed by atoms with van der Waals surface area (Å²) in [4.78, 5) is 0. The van der Waals surface area contributed by atoms with Gasteiger partial charge in [-0.15, -0.1) is 0 Å². The van der Waals surface area contributed by atoms with Gasteiger partial charge in [-0.2, -0.15) is 15.8 Å². The lowest BCUT2D eigenvalue weighted by atomic mass is 9.48. The van der Waals surface area contributed by atoms with Gasteiger partial charge < -0.3 is 9.47 Å². The molecule has 2 aliphatic carbocycles. The van der Waals surface area contributed by atoms with Crippen molar-refractivity contribution in [3.63, 3.8) is 0 Å². The Bertz CT molecular complexity index is 887. The summed E-state index contributed by atoms with van der Waals surface area (Å²) < 4.78 is 12.4. The van der Waals surface area contributed by atoms with E-state index in [2.05, 4.69) is 30.9 Å². The van der Waals surface area contributed by atoms with Gasteiger partial charge in [0.2, 0.25) is 11.7 Å². The Labute approximate surface area is 165 Å². The van der Waals surface area contributed by atoms with E-state index in [1.165, 1.54) is 0 Å². The predicted molar refractivity (Wildman–Crippen MR) is 100 cm³/mol. The zero-order valence-corrected chi connectivity index (χ0v) is 16.1. The maximum absolute atomic E-state index is 10.3. The largest absolute Gasteiger partial charge is 0.447 e. The molecule has 5 atom stereocenters. The summed E-state index contributed by atoms with van der Waals surface area (Å²) in [6, 6.07) is 6.55. The first-order valence-corrected chi connectivity index (χ1v) is 9.94. The van der Waals surface area contributed by atoms with Crippen molar-refractivity contribution < 1.29 is 9.47 Å². The van der Waals surface area contributed by atoms with Gasteiger partial charge in [-0.3, -0.25) is 5.41 Å². The molecule has 0 aromatic carbocycles. The lowest BCUT2D eigenvalue weighted by Gasteiger charge is -2.64. The van der Waals surface area contributed by atoms with Crippen molar-refractivity contribution in [2.24, 2.45) is 22.7 Å². The second-order valence-corrected chi connectivity index (χ2v) is 8.59. The summed E-state index contributed by atoms with van der Waals surface area (Å²) in [5.74, 6) is -1.58. The molecule has 6 heteroatoms. The van der Waals surface area contributed by atoms with Crippen LogP contribution in [0.15, 0.2) is 23.8 Å². The molecule has 1 saturated carbocycles. The fourth-order valence-corrected chi connectivity index (χ4v) is 5.72. The summed E-state index contributed by atoms with van der Waals surface area (Å²) in [6.45, 7) is 6.06. The minimum Gasteiger partial charge on any atom is -0.447 e. The molecule has 0 unspecified atom stereocenters. The van der Waals surface area contributed by atoms with E-state index >= 15 is 0 Å². The minimum atomic E-state index is -1.73. The van der Waals surface area contributed by atoms with Crippen LogP contribution in [0, 0.1) is 62.1 Å². The second kappa shape index (κ2) is 6.20. The predicted octanol–water partition coefficient (Wildman–Crippen LogP) is 4.13. The summed E-state index contributed by atoms with van der Waals surface area (Å²) in [5, 5.41) is 39.2. The van der Waals surface area contributed by atoms with Crippen molar-refractivity contribution in [3.05, 3.63) is 23.8 Å². The first-order chi connectivity index (χ1) is 13.4. The molecule has 1 N–H and O–H groups in total. The molecule has 3 heterocycles. The summed E-state index contributed by atoms with van der Waals surface area (Å²) in [7, 11) is 0. The SMILES string of the molecule is C=C(C)[C@@H]1CC=C([C@H]2O[C@@]34CCCC[C@@H]3C(C#N)(C#N)[C@]2(C#N)C(=N)O4)CC1. The average molecular weight is 376 g/mol. The van der Waals surface area contributed by atoms with Crippen LogP contribution in [0.1, 0.15) is 51.9 Å². The van der Waals surface area contributed by atoms with Crippen LogP contribution in [0.25, 0.3) is 0 Å². The van der Waals surface area contributed by atoms with E-state index in [9.17, 15) is 15.8 Å². The van der Waals surface area contributed by atoms with Gasteiger partial charge in [0.25, 0.3) is 0 Å². The van der Waals surface area contributed by atoms with Crippen LogP contribution in [-0.4, -0.2) is 17.8 Å². The van der Waals surface area contributed by atoms with Gasteiger partial charge in [0, 0.05) is 6.42 Å². The zero-order valence-electron chi connectivity index (χ0n) is 16.1. The van der Waals surface area contributed by atoms with Gasteiger partial charge in [0.15, 0.2) is 10.8 Å². The van der Waals surface area contributed by atoms with E-state index in [1.54, 1.807) is 0 Å². The fourth-order valence-electron chi connectivity index (χ4n) is 5.72. The summed E-state index contributed by atoms with van der Waals surface area (Å²) in [5.41, 5.74) is -1.35. The standard InChI is InChI=1S/C22H24N4O2/c1-14(2)15-6-8-16(9-7-15)18-21(13-25)19(26)28-22(27-18)10-4-3-5-17(22)20(21,11-23)12-24/h8,15,17-18,26H,1,3-7,9-10H2,2H3/t15-,17-,18-,21+,22-/m1/s1. The van der Waals surface area contributed by atoms with Gasteiger partial charge in [0.1, 0.15) is 6.10 Å². The van der Waals surface area contributed by atoms with Crippen molar-refractivity contribution in [2.45, 2.75) is 63.8 Å². The lowest BCUT2D eigenvalue weighted by molar-refractivity contribution is -0.350. The maximum atomic E-state index is 10.3. The molecular weight excluding hydrogens is 352 g/mol. The Morgan fingerprint density at radius 1 is 1.21 bits per heavy atom. The maximum Gasteiger partial charge on any atom is 0.218 e. The molecular formula is C22H24N4O2. The molecule has 3 aliphatic heterocycles. The molecule has 0 aromatic rings. The second-order valence-electron chi connectivity index (χ2n) is 8.59. The highest BCUT2D eigenvalue weighted by Gasteiger charge is 2.80. The van der Waals surface area contributed by atoms with Crippen LogP contribution in [0.5, 0.6) is 0 Å². The molecule has 2 bridgehead atoms. The van der Waals surface area contributed by atoms with Crippen LogP contribution in [-0.2, 0) is 9.47 Å². The van der Waals surface area contributed by atoms with Crippen molar-refractivity contribution in [3.8, 4) is 18.2 Å². The van der Waals surface area contributed by atoms with Crippen LogP contribution in [0.4, 0.5) is 0 Å². The molecule has 28 heavy (non-hydrogen) atoms.